The zero-order chi connectivity index (χ0) is 19.7. The highest BCUT2D eigenvalue weighted by molar-refractivity contribution is 6.89. The molecule has 2 atom stereocenters. The molecule has 0 saturated heterocycles. The molecule has 2 unspecified atom stereocenters. The molecule has 1 aromatic heterocycles. The van der Waals surface area contributed by atoms with Gasteiger partial charge < -0.3 is 0 Å². The third kappa shape index (κ3) is 3.96. The van der Waals surface area contributed by atoms with E-state index in [0.29, 0.717) is 0 Å². The van der Waals surface area contributed by atoms with Crippen LogP contribution in [0.2, 0.25) is 19.6 Å². The van der Waals surface area contributed by atoms with Crippen LogP contribution >= 0.6 is 0 Å². The summed E-state index contributed by atoms with van der Waals surface area (Å²) in [6.07, 6.45) is 2.04. The van der Waals surface area contributed by atoms with E-state index < -0.39 is 14.0 Å². The Morgan fingerprint density at radius 2 is 1.46 bits per heavy atom. The van der Waals surface area contributed by atoms with E-state index in [1.54, 1.807) is 0 Å². The van der Waals surface area contributed by atoms with Crippen molar-refractivity contribution >= 4 is 13.3 Å². The molecule has 2 aromatic carbocycles. The van der Waals surface area contributed by atoms with Gasteiger partial charge in [-0.1, -0.05) is 94.2 Å². The Kier molecular flexibility index (Phi) is 5.03. The number of rotatable bonds is 5. The number of benzene rings is 2. The molecule has 1 heterocycles. The Hall–Kier alpha value is -2.19. The molecule has 0 aliphatic carbocycles. The summed E-state index contributed by atoms with van der Waals surface area (Å²) >= 11 is 0. The third-order valence-corrected chi connectivity index (χ3v) is 7.17. The highest BCUT2D eigenvalue weighted by Gasteiger charge is 2.26. The monoisotopic (exact) mass is 360 g/mol. The lowest BCUT2D eigenvalue weighted by Gasteiger charge is -2.28. The first-order chi connectivity index (χ1) is 12.7. The lowest BCUT2D eigenvalue weighted by Crippen LogP contribution is -2.41. The molecule has 0 aliphatic rings. The molecular weight excluding hydrogens is 330 g/mol. The molecule has 3 rings (SSSR count). The molecule has 1 nitrogen and oxygen atoms in total. The maximum atomic E-state index is 9.39. The molecule has 0 amide bonds. The highest BCUT2D eigenvalue weighted by atomic mass is 28.3. The van der Waals surface area contributed by atoms with Gasteiger partial charge in [0, 0.05) is 13.1 Å². The van der Waals surface area contributed by atoms with E-state index in [9.17, 15) is 1.37 Å². The second-order valence-corrected chi connectivity index (χ2v) is 13.1. The molecule has 26 heavy (non-hydrogen) atoms. The summed E-state index contributed by atoms with van der Waals surface area (Å²) in [4.78, 5) is 4.77. The van der Waals surface area contributed by atoms with Gasteiger partial charge in [-0.2, -0.15) is 0 Å². The van der Waals surface area contributed by atoms with Gasteiger partial charge >= 0.3 is 0 Å². The SMILES string of the molecule is [2H]C(C)(c1cc(-c2ccccc2)ncc1[Si](C)(C)C)C(C)c1ccccc1. The number of pyridine rings is 1. The predicted molar refractivity (Wildman–Crippen MR) is 116 cm³/mol. The minimum atomic E-state index is -1.64. The highest BCUT2D eigenvalue weighted by Crippen LogP contribution is 2.33. The molecule has 134 valence electrons. The molecule has 2 heteroatoms. The van der Waals surface area contributed by atoms with Gasteiger partial charge in [-0.3, -0.25) is 4.98 Å². The summed E-state index contributed by atoms with van der Waals surface area (Å²) in [6.45, 7) is 11.2. The van der Waals surface area contributed by atoms with Crippen molar-refractivity contribution in [3.05, 3.63) is 84.1 Å². The van der Waals surface area contributed by atoms with Crippen LogP contribution in [0.1, 0.15) is 38.2 Å². The summed E-state index contributed by atoms with van der Waals surface area (Å²) in [6, 6.07) is 22.8. The van der Waals surface area contributed by atoms with Crippen molar-refractivity contribution in [3.63, 3.8) is 0 Å². The molecule has 0 saturated carbocycles. The standard InChI is InChI=1S/C24H29NSi/c1-18(20-12-8-6-9-13-20)19(2)22-16-23(21-14-10-7-11-15-21)25-17-24(22)26(3,4)5/h6-19H,1-5H3/i19D. The van der Waals surface area contributed by atoms with Gasteiger partial charge in [-0.05, 0) is 34.2 Å². The van der Waals surface area contributed by atoms with Crippen LogP contribution in [-0.2, 0) is 0 Å². The van der Waals surface area contributed by atoms with E-state index in [-0.39, 0.29) is 5.92 Å². The van der Waals surface area contributed by atoms with Crippen molar-refractivity contribution in [1.82, 2.24) is 4.98 Å². The maximum absolute atomic E-state index is 9.39. The second-order valence-electron chi connectivity index (χ2n) is 8.05. The van der Waals surface area contributed by atoms with Crippen molar-refractivity contribution in [2.45, 2.75) is 45.3 Å². The Morgan fingerprint density at radius 3 is 2.04 bits per heavy atom. The molecule has 3 aromatic rings. The summed E-state index contributed by atoms with van der Waals surface area (Å²) in [5.41, 5.74) is 4.37. The number of hydrogen-bond acceptors (Lipinski definition) is 1. The van der Waals surface area contributed by atoms with Crippen LogP contribution in [0, 0.1) is 0 Å². The van der Waals surface area contributed by atoms with E-state index in [4.69, 9.17) is 4.98 Å². The van der Waals surface area contributed by atoms with Crippen LogP contribution in [0.4, 0.5) is 0 Å². The van der Waals surface area contributed by atoms with Crippen LogP contribution in [0.15, 0.2) is 72.9 Å². The van der Waals surface area contributed by atoms with Gasteiger partial charge in [0.05, 0.1) is 13.8 Å². The fourth-order valence-electron chi connectivity index (χ4n) is 3.37. The van der Waals surface area contributed by atoms with Crippen LogP contribution in [0.5, 0.6) is 0 Å². The summed E-state index contributed by atoms with van der Waals surface area (Å²) in [5, 5.41) is 1.28. The fraction of sp³-hybridized carbons (Fsp3) is 0.292. The van der Waals surface area contributed by atoms with Crippen molar-refractivity contribution < 1.29 is 1.37 Å². The smallest absolute Gasteiger partial charge is 0.0799 e. The zero-order valence-corrected chi connectivity index (χ0v) is 17.5. The molecule has 0 radical (unpaired) electrons. The summed E-state index contributed by atoms with van der Waals surface area (Å²) < 4.78 is 9.39. The third-order valence-electron chi connectivity index (χ3n) is 5.16. The lowest BCUT2D eigenvalue weighted by molar-refractivity contribution is 0.626. The summed E-state index contributed by atoms with van der Waals surface area (Å²) in [5.74, 6) is -0.650. The molecule has 0 N–H and O–H groups in total. The molecule has 0 bridgehead atoms. The van der Waals surface area contributed by atoms with E-state index in [0.717, 1.165) is 16.8 Å². The predicted octanol–water partition coefficient (Wildman–Crippen LogP) is 6.20. The lowest BCUT2D eigenvalue weighted by atomic mass is 9.84. The Bertz CT molecular complexity index is 899. The van der Waals surface area contributed by atoms with Crippen molar-refractivity contribution in [2.75, 3.05) is 0 Å². The second kappa shape index (κ2) is 7.59. The number of nitrogens with zero attached hydrogens (tertiary/aromatic N) is 1. The maximum Gasteiger partial charge on any atom is 0.0799 e. The van der Waals surface area contributed by atoms with Crippen LogP contribution in [0.3, 0.4) is 0 Å². The van der Waals surface area contributed by atoms with Crippen molar-refractivity contribution in [2.24, 2.45) is 0 Å². The Labute approximate surface area is 160 Å². The largest absolute Gasteiger partial charge is 0.256 e. The minimum absolute atomic E-state index is 0.0832. The van der Waals surface area contributed by atoms with Crippen molar-refractivity contribution in [1.29, 1.82) is 0 Å². The van der Waals surface area contributed by atoms with E-state index in [2.05, 4.69) is 76.0 Å². The molecular formula is C24H29NSi. The zero-order valence-electron chi connectivity index (χ0n) is 17.5. The van der Waals surface area contributed by atoms with Crippen LogP contribution in [0.25, 0.3) is 11.3 Å². The number of aromatic nitrogens is 1. The van der Waals surface area contributed by atoms with Gasteiger partial charge in [0.2, 0.25) is 0 Å². The van der Waals surface area contributed by atoms with Crippen molar-refractivity contribution in [3.8, 4) is 11.3 Å². The average Bonchev–Trinajstić information content (AvgIpc) is 2.67. The fourth-order valence-corrected chi connectivity index (χ4v) is 4.90. The summed E-state index contributed by atoms with van der Waals surface area (Å²) in [7, 11) is -1.64. The van der Waals surface area contributed by atoms with Gasteiger partial charge in [0.25, 0.3) is 0 Å². The quantitative estimate of drug-likeness (QED) is 0.494. The van der Waals surface area contributed by atoms with Gasteiger partial charge in [0.1, 0.15) is 0 Å². The first kappa shape index (κ1) is 17.2. The molecule has 0 aliphatic heterocycles. The first-order valence-corrected chi connectivity index (χ1v) is 12.8. The van der Waals surface area contributed by atoms with E-state index >= 15 is 0 Å². The van der Waals surface area contributed by atoms with Gasteiger partial charge in [0.15, 0.2) is 0 Å². The normalized spacial score (nSPS) is 15.8. The van der Waals surface area contributed by atoms with Crippen LogP contribution < -0.4 is 5.19 Å². The van der Waals surface area contributed by atoms with E-state index in [1.165, 1.54) is 10.8 Å². The van der Waals surface area contributed by atoms with E-state index in [1.807, 2.05) is 30.5 Å². The average molecular weight is 361 g/mol. The van der Waals surface area contributed by atoms with Crippen LogP contribution in [-0.4, -0.2) is 13.1 Å². The minimum Gasteiger partial charge on any atom is -0.256 e. The van der Waals surface area contributed by atoms with Gasteiger partial charge in [-0.15, -0.1) is 0 Å². The Balaban J connectivity index is 2.16. The topological polar surface area (TPSA) is 12.9 Å². The number of hydrogen-bond donors (Lipinski definition) is 0. The first-order valence-electron chi connectivity index (χ1n) is 9.82. The Morgan fingerprint density at radius 1 is 0.885 bits per heavy atom. The van der Waals surface area contributed by atoms with Gasteiger partial charge in [-0.25, -0.2) is 0 Å². The molecule has 0 spiro atoms. The molecule has 0 fully saturated rings.